The smallest absolute Gasteiger partial charge is 0.137 e. The first-order valence-electron chi connectivity index (χ1n) is 10.2. The average Bonchev–Trinajstić information content (AvgIpc) is 3.16. The largest absolute Gasteiger partial charge is 0.383 e. The average molecular weight is 388 g/mol. The van der Waals surface area contributed by atoms with Crippen molar-refractivity contribution in [1.82, 2.24) is 19.6 Å². The predicted molar refractivity (Wildman–Crippen MR) is 121 cm³/mol. The molecule has 0 saturated carbocycles. The zero-order valence-corrected chi connectivity index (χ0v) is 17.1. The molecular weight excluding hydrogens is 358 g/mol. The van der Waals surface area contributed by atoms with Gasteiger partial charge >= 0.3 is 0 Å². The molecule has 0 amide bonds. The van der Waals surface area contributed by atoms with E-state index in [9.17, 15) is 0 Å². The van der Waals surface area contributed by atoms with Gasteiger partial charge in [-0.15, -0.1) is 0 Å². The first kappa shape index (κ1) is 19.3. The maximum absolute atomic E-state index is 4.67. The van der Waals surface area contributed by atoms with Gasteiger partial charge in [-0.25, -0.2) is 4.98 Å². The molecule has 1 unspecified atom stereocenters. The van der Waals surface area contributed by atoms with Crippen LogP contribution in [0.3, 0.4) is 0 Å². The van der Waals surface area contributed by atoms with Crippen molar-refractivity contribution in [2.75, 3.05) is 25.0 Å². The second-order valence-electron chi connectivity index (χ2n) is 7.88. The van der Waals surface area contributed by atoms with Crippen LogP contribution in [0.4, 0.5) is 5.69 Å². The summed E-state index contributed by atoms with van der Waals surface area (Å²) in [5.74, 6) is 0.525. The van der Waals surface area contributed by atoms with Crippen LogP contribution in [0, 0.1) is 5.92 Å². The van der Waals surface area contributed by atoms with Crippen molar-refractivity contribution in [2.24, 2.45) is 5.92 Å². The maximum atomic E-state index is 4.67. The van der Waals surface area contributed by atoms with Crippen LogP contribution in [0.15, 0.2) is 68.1 Å². The fourth-order valence-corrected chi connectivity index (χ4v) is 3.94. The minimum Gasteiger partial charge on any atom is -0.383 e. The van der Waals surface area contributed by atoms with Crippen molar-refractivity contribution in [1.29, 1.82) is 0 Å². The molecule has 2 aromatic heterocycles. The van der Waals surface area contributed by atoms with Gasteiger partial charge in [0.05, 0.1) is 11.4 Å². The fourth-order valence-electron chi connectivity index (χ4n) is 3.94. The molecule has 1 aliphatic heterocycles. The molecular formula is C24H29N5. The van der Waals surface area contributed by atoms with Crippen molar-refractivity contribution in [3.63, 3.8) is 0 Å². The lowest BCUT2D eigenvalue weighted by molar-refractivity contribution is 0.220. The monoisotopic (exact) mass is 387 g/mol. The SMILES string of the molecule is C=CNc1ccc2nc(C(=C)NCC(C)CN3CCc4ccccc4C3)cn2c1. The van der Waals surface area contributed by atoms with E-state index in [4.69, 9.17) is 0 Å². The third kappa shape index (κ3) is 4.51. The predicted octanol–water partition coefficient (Wildman–Crippen LogP) is 4.14. The molecule has 3 aromatic rings. The molecule has 0 fully saturated rings. The number of anilines is 1. The van der Waals surface area contributed by atoms with Gasteiger partial charge in [0.25, 0.3) is 0 Å². The van der Waals surface area contributed by atoms with Gasteiger partial charge in [-0.1, -0.05) is 44.3 Å². The van der Waals surface area contributed by atoms with E-state index in [2.05, 4.69) is 64.9 Å². The lowest BCUT2D eigenvalue weighted by Gasteiger charge is -2.31. The second kappa shape index (κ2) is 8.53. The third-order valence-corrected chi connectivity index (χ3v) is 5.47. The molecule has 1 atom stereocenters. The van der Waals surface area contributed by atoms with Crippen LogP contribution in [-0.2, 0) is 13.0 Å². The van der Waals surface area contributed by atoms with Gasteiger partial charge < -0.3 is 15.0 Å². The molecule has 5 heteroatoms. The molecule has 5 nitrogen and oxygen atoms in total. The van der Waals surface area contributed by atoms with Crippen LogP contribution < -0.4 is 10.6 Å². The third-order valence-electron chi connectivity index (χ3n) is 5.47. The van der Waals surface area contributed by atoms with Gasteiger partial charge in [-0.05, 0) is 41.8 Å². The number of nitrogens with one attached hydrogen (secondary N) is 2. The first-order valence-corrected chi connectivity index (χ1v) is 10.2. The topological polar surface area (TPSA) is 44.6 Å². The van der Waals surface area contributed by atoms with Crippen LogP contribution in [0.1, 0.15) is 23.7 Å². The summed E-state index contributed by atoms with van der Waals surface area (Å²) in [6.07, 6.45) is 6.82. The lowest BCUT2D eigenvalue weighted by Crippen LogP contribution is -2.36. The molecule has 0 bridgehead atoms. The number of hydrogen-bond acceptors (Lipinski definition) is 4. The number of aromatic nitrogens is 2. The maximum Gasteiger partial charge on any atom is 0.137 e. The van der Waals surface area contributed by atoms with Gasteiger partial charge in [0.1, 0.15) is 11.3 Å². The molecule has 1 aromatic carbocycles. The number of nitrogens with zero attached hydrogens (tertiary/aromatic N) is 3. The Hall–Kier alpha value is -3.05. The summed E-state index contributed by atoms with van der Waals surface area (Å²) in [7, 11) is 0. The van der Waals surface area contributed by atoms with Crippen molar-refractivity contribution < 1.29 is 0 Å². The van der Waals surface area contributed by atoms with Crippen LogP contribution in [0.2, 0.25) is 0 Å². The normalized spacial score (nSPS) is 14.9. The number of benzene rings is 1. The highest BCUT2D eigenvalue weighted by Gasteiger charge is 2.17. The zero-order valence-electron chi connectivity index (χ0n) is 17.1. The molecule has 3 heterocycles. The Bertz CT molecular complexity index is 1020. The molecule has 0 aliphatic carbocycles. The second-order valence-corrected chi connectivity index (χ2v) is 7.88. The summed E-state index contributed by atoms with van der Waals surface area (Å²) in [5, 5.41) is 6.58. The molecule has 1 aliphatic rings. The molecule has 29 heavy (non-hydrogen) atoms. The Balaban J connectivity index is 1.31. The summed E-state index contributed by atoms with van der Waals surface area (Å²) in [5.41, 5.74) is 6.59. The van der Waals surface area contributed by atoms with E-state index in [0.717, 1.165) is 55.3 Å². The fraction of sp³-hybridized carbons (Fsp3) is 0.292. The molecule has 0 spiro atoms. The standard InChI is InChI=1S/C24H29N5/c1-4-25-22-9-10-24-27-23(17-29(24)16-22)19(3)26-13-18(2)14-28-12-11-20-7-5-6-8-21(20)15-28/h4-10,16-18,25-26H,1,3,11-15H2,2H3. The number of imidazole rings is 1. The van der Waals surface area contributed by atoms with Crippen LogP contribution >= 0.6 is 0 Å². The van der Waals surface area contributed by atoms with Crippen molar-refractivity contribution >= 4 is 17.0 Å². The summed E-state index contributed by atoms with van der Waals surface area (Å²) >= 11 is 0. The first-order chi connectivity index (χ1) is 14.1. The minimum absolute atomic E-state index is 0.525. The Morgan fingerprint density at radius 2 is 2.03 bits per heavy atom. The van der Waals surface area contributed by atoms with E-state index >= 15 is 0 Å². The highest BCUT2D eigenvalue weighted by molar-refractivity contribution is 5.62. The number of rotatable bonds is 8. The summed E-state index contributed by atoms with van der Waals surface area (Å²) in [4.78, 5) is 7.22. The van der Waals surface area contributed by atoms with Crippen molar-refractivity contribution in [2.45, 2.75) is 19.9 Å². The Labute approximate surface area is 172 Å². The van der Waals surface area contributed by atoms with Crippen LogP contribution in [0.5, 0.6) is 0 Å². The van der Waals surface area contributed by atoms with E-state index in [1.165, 1.54) is 11.1 Å². The van der Waals surface area contributed by atoms with E-state index in [1.54, 1.807) is 6.20 Å². The minimum atomic E-state index is 0.525. The molecule has 0 radical (unpaired) electrons. The van der Waals surface area contributed by atoms with Crippen LogP contribution in [-0.4, -0.2) is 33.9 Å². The van der Waals surface area contributed by atoms with Gasteiger partial charge in [0, 0.05) is 38.6 Å². The molecule has 0 saturated heterocycles. The lowest BCUT2D eigenvalue weighted by atomic mass is 9.99. The van der Waals surface area contributed by atoms with Gasteiger partial charge in [-0.3, -0.25) is 4.90 Å². The highest BCUT2D eigenvalue weighted by atomic mass is 15.1. The number of pyridine rings is 1. The molecule has 150 valence electrons. The number of fused-ring (bicyclic) bond motifs is 2. The van der Waals surface area contributed by atoms with E-state index in [0.29, 0.717) is 5.92 Å². The van der Waals surface area contributed by atoms with Gasteiger partial charge in [-0.2, -0.15) is 0 Å². The summed E-state index contributed by atoms with van der Waals surface area (Å²) < 4.78 is 2.00. The Morgan fingerprint density at radius 3 is 2.86 bits per heavy atom. The zero-order chi connectivity index (χ0) is 20.2. The molecule has 2 N–H and O–H groups in total. The summed E-state index contributed by atoms with van der Waals surface area (Å²) in [6.45, 7) is 14.3. The molecule has 4 rings (SSSR count). The summed E-state index contributed by atoms with van der Waals surface area (Å²) in [6, 6.07) is 12.8. The van der Waals surface area contributed by atoms with Crippen molar-refractivity contribution in [3.8, 4) is 0 Å². The van der Waals surface area contributed by atoms with Gasteiger partial charge in [0.2, 0.25) is 0 Å². The number of hydrogen-bond donors (Lipinski definition) is 2. The van der Waals surface area contributed by atoms with E-state index in [1.807, 2.05) is 28.9 Å². The Kier molecular flexibility index (Phi) is 5.67. The highest BCUT2D eigenvalue weighted by Crippen LogP contribution is 2.19. The van der Waals surface area contributed by atoms with Gasteiger partial charge in [0.15, 0.2) is 0 Å². The van der Waals surface area contributed by atoms with Crippen molar-refractivity contribution in [3.05, 3.63) is 85.0 Å². The quantitative estimate of drug-likeness (QED) is 0.610. The van der Waals surface area contributed by atoms with Crippen LogP contribution in [0.25, 0.3) is 11.3 Å². The van der Waals surface area contributed by atoms with E-state index < -0.39 is 0 Å². The van der Waals surface area contributed by atoms with E-state index in [-0.39, 0.29) is 0 Å². The Morgan fingerprint density at radius 1 is 1.21 bits per heavy atom.